The summed E-state index contributed by atoms with van der Waals surface area (Å²) in [5.41, 5.74) is 0.969. The van der Waals surface area contributed by atoms with E-state index in [-0.39, 0.29) is 17.9 Å². The molecule has 1 aromatic heterocycles. The van der Waals surface area contributed by atoms with Gasteiger partial charge in [0.15, 0.2) is 0 Å². The molecule has 0 bridgehead atoms. The Balaban J connectivity index is 1.63. The number of anilines is 1. The maximum atomic E-state index is 12.6. The summed E-state index contributed by atoms with van der Waals surface area (Å²) in [5.74, 6) is 1.24. The minimum Gasteiger partial charge on any atom is -0.496 e. The lowest BCUT2D eigenvalue weighted by atomic mass is 10.1. The number of nitrogens with zero attached hydrogens (tertiary/aromatic N) is 3. The molecule has 2 heterocycles. The number of carbonyl (C=O) groups is 2. The molecule has 1 aliphatic heterocycles. The van der Waals surface area contributed by atoms with E-state index in [0.29, 0.717) is 38.4 Å². The van der Waals surface area contributed by atoms with Gasteiger partial charge in [0.05, 0.1) is 25.8 Å². The van der Waals surface area contributed by atoms with Crippen molar-refractivity contribution < 1.29 is 14.3 Å². The summed E-state index contributed by atoms with van der Waals surface area (Å²) in [4.78, 5) is 26.2. The maximum absolute atomic E-state index is 12.6. The Morgan fingerprint density at radius 1 is 1.30 bits per heavy atom. The number of methoxy groups -OCH3 is 1. The van der Waals surface area contributed by atoms with Crippen LogP contribution in [-0.4, -0.2) is 53.4 Å². The van der Waals surface area contributed by atoms with Crippen LogP contribution >= 0.6 is 0 Å². The number of para-hydroxylation sites is 1. The van der Waals surface area contributed by atoms with Crippen LogP contribution in [0.15, 0.2) is 36.5 Å². The number of nitrogens with one attached hydrogen (secondary N) is 2. The van der Waals surface area contributed by atoms with E-state index >= 15 is 0 Å². The molecule has 144 valence electrons. The first-order valence-electron chi connectivity index (χ1n) is 9.09. The monoisotopic (exact) mass is 371 g/mol. The molecular weight excluding hydrogens is 346 g/mol. The molecule has 0 aliphatic carbocycles. The second-order valence-electron chi connectivity index (χ2n) is 6.44. The molecule has 0 radical (unpaired) electrons. The Labute approximate surface area is 158 Å². The van der Waals surface area contributed by atoms with Gasteiger partial charge in [-0.15, -0.1) is 0 Å². The van der Waals surface area contributed by atoms with Crippen molar-refractivity contribution in [2.45, 2.75) is 19.9 Å². The number of rotatable bonds is 6. The number of urea groups is 1. The van der Waals surface area contributed by atoms with Gasteiger partial charge in [0.1, 0.15) is 11.6 Å². The Hall–Kier alpha value is -3.03. The molecular formula is C19H25N5O3. The molecule has 3 rings (SSSR count). The predicted molar refractivity (Wildman–Crippen MR) is 102 cm³/mol. The number of ether oxygens (including phenoxy) is 1. The van der Waals surface area contributed by atoms with Crippen molar-refractivity contribution in [2.24, 2.45) is 5.92 Å². The van der Waals surface area contributed by atoms with Crippen LogP contribution < -0.4 is 15.4 Å². The molecule has 27 heavy (non-hydrogen) atoms. The van der Waals surface area contributed by atoms with Crippen LogP contribution in [-0.2, 0) is 11.3 Å². The smallest absolute Gasteiger partial charge is 0.323 e. The van der Waals surface area contributed by atoms with Crippen LogP contribution in [0.5, 0.6) is 5.75 Å². The summed E-state index contributed by atoms with van der Waals surface area (Å²) in [6.45, 7) is 3.96. The predicted octanol–water partition coefficient (Wildman–Crippen LogP) is 1.93. The minimum absolute atomic E-state index is 0.00835. The molecule has 1 atom stereocenters. The van der Waals surface area contributed by atoms with Gasteiger partial charge in [-0.1, -0.05) is 18.2 Å². The van der Waals surface area contributed by atoms with Crippen LogP contribution in [0.3, 0.4) is 0 Å². The standard InChI is InChI=1S/C19H25N5O3/c1-3-20-18(25)15-9-11-23(12-15)19(26)22-17-8-10-21-24(17)13-14-6-4-5-7-16(14)27-2/h4-8,10,15H,3,9,11-13H2,1-2H3,(H,20,25)(H,22,26)/t15-/m1/s1. The van der Waals surface area contributed by atoms with E-state index in [9.17, 15) is 9.59 Å². The van der Waals surface area contributed by atoms with Crippen molar-refractivity contribution >= 4 is 17.8 Å². The van der Waals surface area contributed by atoms with Crippen molar-refractivity contribution in [2.75, 3.05) is 32.1 Å². The first-order chi connectivity index (χ1) is 13.1. The zero-order valence-electron chi connectivity index (χ0n) is 15.6. The SMILES string of the molecule is CCNC(=O)[C@@H]1CCN(C(=O)Nc2ccnn2Cc2ccccc2OC)C1. The van der Waals surface area contributed by atoms with Crippen LogP contribution in [0.4, 0.5) is 10.6 Å². The third kappa shape index (κ3) is 4.39. The number of aromatic nitrogens is 2. The van der Waals surface area contributed by atoms with Gasteiger partial charge in [0.2, 0.25) is 5.91 Å². The summed E-state index contributed by atoms with van der Waals surface area (Å²) < 4.78 is 7.09. The largest absolute Gasteiger partial charge is 0.496 e. The van der Waals surface area contributed by atoms with Crippen LogP contribution in [0.1, 0.15) is 18.9 Å². The molecule has 2 N–H and O–H groups in total. The first-order valence-corrected chi connectivity index (χ1v) is 9.09. The fourth-order valence-electron chi connectivity index (χ4n) is 3.23. The lowest BCUT2D eigenvalue weighted by Crippen LogP contribution is -2.36. The molecule has 0 spiro atoms. The highest BCUT2D eigenvalue weighted by atomic mass is 16.5. The number of hydrogen-bond donors (Lipinski definition) is 2. The summed E-state index contributed by atoms with van der Waals surface area (Å²) >= 11 is 0. The Kier molecular flexibility index (Phi) is 5.95. The Bertz CT molecular complexity index is 804. The van der Waals surface area contributed by atoms with Crippen molar-refractivity contribution in [1.82, 2.24) is 20.0 Å². The lowest BCUT2D eigenvalue weighted by molar-refractivity contribution is -0.124. The number of amides is 3. The second kappa shape index (κ2) is 8.57. The van der Waals surface area contributed by atoms with E-state index in [2.05, 4.69) is 15.7 Å². The Morgan fingerprint density at radius 2 is 2.11 bits per heavy atom. The Morgan fingerprint density at radius 3 is 2.89 bits per heavy atom. The highest BCUT2D eigenvalue weighted by Gasteiger charge is 2.31. The van der Waals surface area contributed by atoms with Crippen LogP contribution in [0.25, 0.3) is 0 Å². The van der Waals surface area contributed by atoms with Gasteiger partial charge in [-0.3, -0.25) is 10.1 Å². The highest BCUT2D eigenvalue weighted by Crippen LogP contribution is 2.21. The average Bonchev–Trinajstić information content (AvgIpc) is 3.32. The van der Waals surface area contributed by atoms with Crippen molar-refractivity contribution in [3.8, 4) is 5.75 Å². The van der Waals surface area contributed by atoms with E-state index in [1.165, 1.54) is 0 Å². The van der Waals surface area contributed by atoms with E-state index < -0.39 is 0 Å². The van der Waals surface area contributed by atoms with E-state index in [1.54, 1.807) is 29.0 Å². The summed E-state index contributed by atoms with van der Waals surface area (Å²) in [7, 11) is 1.63. The number of hydrogen-bond acceptors (Lipinski definition) is 4. The topological polar surface area (TPSA) is 88.5 Å². The van der Waals surface area contributed by atoms with Crippen molar-refractivity contribution in [1.29, 1.82) is 0 Å². The quantitative estimate of drug-likeness (QED) is 0.812. The van der Waals surface area contributed by atoms with Crippen LogP contribution in [0, 0.1) is 5.92 Å². The van der Waals surface area contributed by atoms with Crippen molar-refractivity contribution in [3.63, 3.8) is 0 Å². The molecule has 8 nitrogen and oxygen atoms in total. The normalized spacial score (nSPS) is 16.2. The second-order valence-corrected chi connectivity index (χ2v) is 6.44. The van der Waals surface area contributed by atoms with Gasteiger partial charge in [0.25, 0.3) is 0 Å². The molecule has 3 amide bonds. The molecule has 0 unspecified atom stereocenters. The minimum atomic E-state index is -0.219. The van der Waals surface area contributed by atoms with Gasteiger partial charge in [-0.2, -0.15) is 5.10 Å². The number of likely N-dealkylation sites (tertiary alicyclic amines) is 1. The molecule has 1 fully saturated rings. The lowest BCUT2D eigenvalue weighted by Gasteiger charge is -2.18. The number of carbonyl (C=O) groups excluding carboxylic acids is 2. The van der Waals surface area contributed by atoms with Gasteiger partial charge in [0, 0.05) is 31.3 Å². The molecule has 1 aliphatic rings. The summed E-state index contributed by atoms with van der Waals surface area (Å²) in [5, 5.41) is 10.0. The van der Waals surface area contributed by atoms with Gasteiger partial charge < -0.3 is 15.0 Å². The molecule has 2 aromatic rings. The summed E-state index contributed by atoms with van der Waals surface area (Å²) in [6.07, 6.45) is 2.33. The van der Waals surface area contributed by atoms with Crippen LogP contribution in [0.2, 0.25) is 0 Å². The fourth-order valence-corrected chi connectivity index (χ4v) is 3.23. The fraction of sp³-hybridized carbons (Fsp3) is 0.421. The summed E-state index contributed by atoms with van der Waals surface area (Å²) in [6, 6.07) is 9.23. The molecule has 8 heteroatoms. The van der Waals surface area contributed by atoms with Gasteiger partial charge >= 0.3 is 6.03 Å². The molecule has 1 saturated heterocycles. The average molecular weight is 371 g/mol. The highest BCUT2D eigenvalue weighted by molar-refractivity contribution is 5.89. The van der Waals surface area contributed by atoms with Gasteiger partial charge in [-0.05, 0) is 19.4 Å². The molecule has 1 aromatic carbocycles. The third-order valence-electron chi connectivity index (χ3n) is 4.66. The third-order valence-corrected chi connectivity index (χ3v) is 4.66. The molecule has 0 saturated carbocycles. The zero-order chi connectivity index (χ0) is 19.2. The van der Waals surface area contributed by atoms with E-state index in [0.717, 1.165) is 11.3 Å². The van der Waals surface area contributed by atoms with Gasteiger partial charge in [-0.25, -0.2) is 9.48 Å². The maximum Gasteiger partial charge on any atom is 0.323 e. The van der Waals surface area contributed by atoms with E-state index in [4.69, 9.17) is 4.74 Å². The van der Waals surface area contributed by atoms with Crippen molar-refractivity contribution in [3.05, 3.63) is 42.1 Å². The van der Waals surface area contributed by atoms with E-state index in [1.807, 2.05) is 31.2 Å². The number of benzene rings is 1. The zero-order valence-corrected chi connectivity index (χ0v) is 15.6. The first kappa shape index (κ1) is 18.8.